The van der Waals surface area contributed by atoms with Crippen molar-refractivity contribution in [1.29, 1.82) is 0 Å². The average Bonchev–Trinajstić information content (AvgIpc) is 2.55. The third kappa shape index (κ3) is 3.81. The van der Waals surface area contributed by atoms with Gasteiger partial charge in [-0.25, -0.2) is 0 Å². The van der Waals surface area contributed by atoms with Crippen LogP contribution < -0.4 is 0 Å². The maximum Gasteiger partial charge on any atom is 0.0767 e. The smallest absolute Gasteiger partial charge is 0.0767 e. The fourth-order valence-corrected chi connectivity index (χ4v) is 3.62. The number of hydrogen-bond acceptors (Lipinski definition) is 2. The van der Waals surface area contributed by atoms with Crippen molar-refractivity contribution in [3.05, 3.63) is 15.9 Å². The van der Waals surface area contributed by atoms with Crippen LogP contribution >= 0.6 is 27.7 Å². The topological polar surface area (TPSA) is 17.8 Å². The summed E-state index contributed by atoms with van der Waals surface area (Å²) < 4.78 is 3.22. The fraction of sp³-hybridized carbons (Fsp3) is 0.750. The quantitative estimate of drug-likeness (QED) is 0.704. The summed E-state index contributed by atoms with van der Waals surface area (Å²) in [4.78, 5) is 0. The molecule has 2 nitrogen and oxygen atoms in total. The molecule has 0 aliphatic rings. The summed E-state index contributed by atoms with van der Waals surface area (Å²) in [7, 11) is 2.03. The Morgan fingerprint density at radius 1 is 1.31 bits per heavy atom. The van der Waals surface area contributed by atoms with E-state index in [4.69, 9.17) is 0 Å². The molecule has 1 aromatic heterocycles. The predicted molar refractivity (Wildman–Crippen MR) is 76.0 cm³/mol. The molecule has 16 heavy (non-hydrogen) atoms. The zero-order chi connectivity index (χ0) is 12.0. The zero-order valence-corrected chi connectivity index (χ0v) is 12.8. The summed E-state index contributed by atoms with van der Waals surface area (Å²) in [6.45, 7) is 4.39. The number of thioether (sulfide) groups is 1. The van der Waals surface area contributed by atoms with Crippen LogP contribution in [0.25, 0.3) is 0 Å². The van der Waals surface area contributed by atoms with Crippen LogP contribution in [0.1, 0.15) is 44.5 Å². The van der Waals surface area contributed by atoms with Crippen LogP contribution in [-0.2, 0) is 19.2 Å². The fourth-order valence-electron chi connectivity index (χ4n) is 1.60. The molecule has 0 N–H and O–H groups in total. The van der Waals surface area contributed by atoms with Crippen molar-refractivity contribution in [3.63, 3.8) is 0 Å². The summed E-state index contributed by atoms with van der Waals surface area (Å²) in [5.41, 5.74) is 2.49. The summed E-state index contributed by atoms with van der Waals surface area (Å²) in [6.07, 6.45) is 4.97. The maximum absolute atomic E-state index is 4.50. The van der Waals surface area contributed by atoms with Crippen LogP contribution in [0.5, 0.6) is 0 Å². The van der Waals surface area contributed by atoms with Crippen LogP contribution in [-0.4, -0.2) is 15.5 Å². The van der Waals surface area contributed by atoms with Crippen molar-refractivity contribution < 1.29 is 0 Å². The van der Waals surface area contributed by atoms with E-state index in [1.165, 1.54) is 40.9 Å². The number of aromatic nitrogens is 2. The van der Waals surface area contributed by atoms with Crippen molar-refractivity contribution in [1.82, 2.24) is 9.78 Å². The van der Waals surface area contributed by atoms with Gasteiger partial charge >= 0.3 is 0 Å². The molecule has 1 rings (SSSR count). The molecule has 0 aliphatic heterocycles. The molecule has 0 saturated heterocycles. The number of nitrogens with zero attached hydrogens (tertiary/aromatic N) is 2. The third-order valence-electron chi connectivity index (χ3n) is 2.63. The van der Waals surface area contributed by atoms with Gasteiger partial charge in [0.05, 0.1) is 15.9 Å². The third-order valence-corrected chi connectivity index (χ3v) is 4.60. The molecular formula is C12H21BrN2S. The Morgan fingerprint density at radius 3 is 2.62 bits per heavy atom. The molecule has 0 amide bonds. The molecule has 0 saturated carbocycles. The lowest BCUT2D eigenvalue weighted by Crippen LogP contribution is -1.97. The Kier molecular flexibility index (Phi) is 6.51. The van der Waals surface area contributed by atoms with Crippen LogP contribution in [0.4, 0.5) is 0 Å². The molecule has 0 unspecified atom stereocenters. The number of halogens is 1. The maximum atomic E-state index is 4.50. The van der Waals surface area contributed by atoms with Gasteiger partial charge in [0, 0.05) is 12.8 Å². The monoisotopic (exact) mass is 304 g/mol. The van der Waals surface area contributed by atoms with Gasteiger partial charge in [0.25, 0.3) is 0 Å². The summed E-state index contributed by atoms with van der Waals surface area (Å²) >= 11 is 5.66. The van der Waals surface area contributed by atoms with Crippen molar-refractivity contribution in [2.45, 2.75) is 45.3 Å². The minimum absolute atomic E-state index is 0.995. The minimum atomic E-state index is 0.995. The molecule has 0 aliphatic carbocycles. The first-order valence-electron chi connectivity index (χ1n) is 5.98. The van der Waals surface area contributed by atoms with Gasteiger partial charge in [0.2, 0.25) is 0 Å². The second kappa shape index (κ2) is 7.38. The van der Waals surface area contributed by atoms with Gasteiger partial charge in [-0.1, -0.05) is 26.7 Å². The highest BCUT2D eigenvalue weighted by molar-refractivity contribution is 9.10. The SMILES string of the molecule is CCCCCSCc1c(Br)c(CC)nn1C. The van der Waals surface area contributed by atoms with Crippen LogP contribution in [0.3, 0.4) is 0 Å². The number of aryl methyl sites for hydroxylation is 2. The number of hydrogen-bond donors (Lipinski definition) is 0. The van der Waals surface area contributed by atoms with Crippen LogP contribution in [0, 0.1) is 0 Å². The van der Waals surface area contributed by atoms with Gasteiger partial charge < -0.3 is 0 Å². The molecular weight excluding hydrogens is 284 g/mol. The molecule has 0 radical (unpaired) electrons. The van der Waals surface area contributed by atoms with Crippen LogP contribution in [0.15, 0.2) is 4.47 Å². The van der Waals surface area contributed by atoms with E-state index in [9.17, 15) is 0 Å². The largest absolute Gasteiger partial charge is 0.270 e. The van der Waals surface area contributed by atoms with Gasteiger partial charge in [-0.2, -0.15) is 16.9 Å². The van der Waals surface area contributed by atoms with Crippen molar-refractivity contribution in [2.24, 2.45) is 7.05 Å². The zero-order valence-electron chi connectivity index (χ0n) is 10.4. The van der Waals surface area contributed by atoms with E-state index in [1.807, 2.05) is 23.5 Å². The number of rotatable bonds is 7. The first-order chi connectivity index (χ1) is 7.70. The van der Waals surface area contributed by atoms with E-state index >= 15 is 0 Å². The van der Waals surface area contributed by atoms with E-state index in [1.54, 1.807) is 0 Å². The Hall–Kier alpha value is 0.0400. The van der Waals surface area contributed by atoms with Gasteiger partial charge in [-0.15, -0.1) is 0 Å². The molecule has 0 bridgehead atoms. The van der Waals surface area contributed by atoms with Crippen molar-refractivity contribution >= 4 is 27.7 Å². The van der Waals surface area contributed by atoms with Crippen LogP contribution in [0.2, 0.25) is 0 Å². The lowest BCUT2D eigenvalue weighted by Gasteiger charge is -2.02. The standard InChI is InChI=1S/C12H21BrN2S/c1-4-6-7-8-16-9-11-12(13)10(5-2)14-15(11)3/h4-9H2,1-3H3. The Bertz CT molecular complexity index is 323. The van der Waals surface area contributed by atoms with E-state index < -0.39 is 0 Å². The average molecular weight is 305 g/mol. The lowest BCUT2D eigenvalue weighted by atomic mass is 10.3. The molecule has 1 aromatic rings. The second-order valence-corrected chi connectivity index (χ2v) is 5.84. The molecule has 92 valence electrons. The Morgan fingerprint density at radius 2 is 2.06 bits per heavy atom. The first-order valence-corrected chi connectivity index (χ1v) is 7.93. The lowest BCUT2D eigenvalue weighted by molar-refractivity contribution is 0.719. The van der Waals surface area contributed by atoms with Gasteiger partial charge in [0.15, 0.2) is 0 Å². The highest BCUT2D eigenvalue weighted by Gasteiger charge is 2.11. The number of unbranched alkanes of at least 4 members (excludes halogenated alkanes) is 2. The van der Waals surface area contributed by atoms with Crippen molar-refractivity contribution in [3.8, 4) is 0 Å². The normalized spacial score (nSPS) is 11.0. The van der Waals surface area contributed by atoms with E-state index in [2.05, 4.69) is 34.9 Å². The molecule has 0 atom stereocenters. The first kappa shape index (κ1) is 14.1. The molecule has 0 aromatic carbocycles. The summed E-state index contributed by atoms with van der Waals surface area (Å²) in [5, 5.41) is 4.50. The van der Waals surface area contributed by atoms with E-state index in [0.717, 1.165) is 12.2 Å². The summed E-state index contributed by atoms with van der Waals surface area (Å²) in [5.74, 6) is 2.32. The Labute approximate surface area is 111 Å². The van der Waals surface area contributed by atoms with Gasteiger partial charge in [-0.3, -0.25) is 4.68 Å². The molecule has 4 heteroatoms. The minimum Gasteiger partial charge on any atom is -0.270 e. The van der Waals surface area contributed by atoms with Gasteiger partial charge in [0.1, 0.15) is 0 Å². The highest BCUT2D eigenvalue weighted by atomic mass is 79.9. The predicted octanol–water partition coefficient (Wildman–Crippen LogP) is 4.17. The van der Waals surface area contributed by atoms with Gasteiger partial charge in [-0.05, 0) is 34.5 Å². The molecule has 0 fully saturated rings. The molecule has 1 heterocycles. The Balaban J connectivity index is 2.44. The highest BCUT2D eigenvalue weighted by Crippen LogP contribution is 2.25. The summed E-state index contributed by atoms with van der Waals surface area (Å²) in [6, 6.07) is 0. The van der Waals surface area contributed by atoms with E-state index in [-0.39, 0.29) is 0 Å². The second-order valence-electron chi connectivity index (χ2n) is 3.94. The van der Waals surface area contributed by atoms with Crippen molar-refractivity contribution in [2.75, 3.05) is 5.75 Å². The molecule has 0 spiro atoms. The van der Waals surface area contributed by atoms with E-state index in [0.29, 0.717) is 0 Å².